The van der Waals surface area contributed by atoms with Crippen molar-refractivity contribution in [3.8, 4) is 0 Å². The molecule has 0 heterocycles. The predicted octanol–water partition coefficient (Wildman–Crippen LogP) is 2.78. The van der Waals surface area contributed by atoms with Gasteiger partial charge in [0.2, 0.25) is 0 Å². The second kappa shape index (κ2) is 8.04. The topological polar surface area (TPSA) is 15.3 Å². The first-order valence-corrected chi connectivity index (χ1v) is 6.12. The molecular weight excluding hydrogens is 192 g/mol. The zero-order valence-electron chi connectivity index (χ0n) is 9.97. The molecule has 0 aromatic rings. The van der Waals surface area contributed by atoms with Crippen molar-refractivity contribution < 1.29 is 0 Å². The predicted molar refractivity (Wildman–Crippen MR) is 67.6 cm³/mol. The molecule has 84 valence electrons. The van der Waals surface area contributed by atoms with Crippen molar-refractivity contribution >= 4 is 17.3 Å². The molecule has 2 nitrogen and oxygen atoms in total. The second-order valence-electron chi connectivity index (χ2n) is 3.63. The van der Waals surface area contributed by atoms with Gasteiger partial charge in [0, 0.05) is 19.1 Å². The van der Waals surface area contributed by atoms with E-state index < -0.39 is 0 Å². The minimum absolute atomic E-state index is 0.543. The Balaban J connectivity index is 3.91. The van der Waals surface area contributed by atoms with Crippen LogP contribution in [-0.4, -0.2) is 29.1 Å². The Morgan fingerprint density at radius 3 is 2.43 bits per heavy atom. The molecule has 3 heteroatoms. The number of thiocarbonyl (C=S) groups is 1. The summed E-state index contributed by atoms with van der Waals surface area (Å²) < 4.78 is 0. The highest BCUT2D eigenvalue weighted by molar-refractivity contribution is 7.80. The molecule has 0 aromatic heterocycles. The molecule has 0 saturated carbocycles. The van der Waals surface area contributed by atoms with Crippen LogP contribution in [0.1, 0.15) is 47.0 Å². The standard InChI is InChI=1S/C11H24N2S/c1-5-8-9-12-11(14)13(7-3)10(4)6-2/h10H,5-9H2,1-4H3,(H,12,14). The Kier molecular flexibility index (Phi) is 7.86. The Morgan fingerprint density at radius 2 is 2.00 bits per heavy atom. The van der Waals surface area contributed by atoms with E-state index in [2.05, 4.69) is 37.9 Å². The first-order chi connectivity index (χ1) is 6.67. The Hall–Kier alpha value is -0.310. The van der Waals surface area contributed by atoms with Crippen molar-refractivity contribution in [3.05, 3.63) is 0 Å². The third-order valence-electron chi connectivity index (χ3n) is 2.53. The number of hydrogen-bond donors (Lipinski definition) is 1. The van der Waals surface area contributed by atoms with E-state index in [9.17, 15) is 0 Å². The minimum atomic E-state index is 0.543. The monoisotopic (exact) mass is 216 g/mol. The van der Waals surface area contributed by atoms with Gasteiger partial charge in [0.15, 0.2) is 5.11 Å². The number of unbranched alkanes of at least 4 members (excludes halogenated alkanes) is 1. The first-order valence-electron chi connectivity index (χ1n) is 5.71. The van der Waals surface area contributed by atoms with Gasteiger partial charge in [-0.3, -0.25) is 0 Å². The Morgan fingerprint density at radius 1 is 1.36 bits per heavy atom. The van der Waals surface area contributed by atoms with E-state index in [0.717, 1.165) is 24.6 Å². The quantitative estimate of drug-likeness (QED) is 0.543. The SMILES string of the molecule is CCCCNC(=S)N(CC)C(C)CC. The summed E-state index contributed by atoms with van der Waals surface area (Å²) in [5.74, 6) is 0. The van der Waals surface area contributed by atoms with Crippen LogP contribution in [0, 0.1) is 0 Å². The summed E-state index contributed by atoms with van der Waals surface area (Å²) in [6, 6.07) is 0.543. The maximum atomic E-state index is 5.35. The van der Waals surface area contributed by atoms with Gasteiger partial charge in [-0.2, -0.15) is 0 Å². The molecule has 14 heavy (non-hydrogen) atoms. The zero-order chi connectivity index (χ0) is 11.0. The van der Waals surface area contributed by atoms with Crippen LogP contribution >= 0.6 is 12.2 Å². The number of nitrogens with zero attached hydrogens (tertiary/aromatic N) is 1. The highest BCUT2D eigenvalue weighted by Crippen LogP contribution is 2.03. The van der Waals surface area contributed by atoms with E-state index in [1.54, 1.807) is 0 Å². The second-order valence-corrected chi connectivity index (χ2v) is 4.02. The van der Waals surface area contributed by atoms with Gasteiger partial charge in [0.05, 0.1) is 0 Å². The van der Waals surface area contributed by atoms with Crippen LogP contribution < -0.4 is 5.32 Å². The molecule has 1 atom stereocenters. The van der Waals surface area contributed by atoms with Gasteiger partial charge in [-0.05, 0) is 38.9 Å². The van der Waals surface area contributed by atoms with Gasteiger partial charge >= 0.3 is 0 Å². The van der Waals surface area contributed by atoms with Gasteiger partial charge in [-0.15, -0.1) is 0 Å². The van der Waals surface area contributed by atoms with Crippen LogP contribution in [0.5, 0.6) is 0 Å². The molecule has 0 bridgehead atoms. The van der Waals surface area contributed by atoms with Gasteiger partial charge in [-0.25, -0.2) is 0 Å². The normalized spacial score (nSPS) is 12.3. The van der Waals surface area contributed by atoms with Gasteiger partial charge in [-0.1, -0.05) is 20.3 Å². The molecule has 0 aromatic carbocycles. The van der Waals surface area contributed by atoms with Crippen molar-refractivity contribution in [1.29, 1.82) is 0 Å². The van der Waals surface area contributed by atoms with Crippen LogP contribution in [0.2, 0.25) is 0 Å². The van der Waals surface area contributed by atoms with Crippen LogP contribution in [0.3, 0.4) is 0 Å². The minimum Gasteiger partial charge on any atom is -0.363 e. The summed E-state index contributed by atoms with van der Waals surface area (Å²) in [4.78, 5) is 2.25. The maximum absolute atomic E-state index is 5.35. The van der Waals surface area contributed by atoms with Crippen molar-refractivity contribution in [1.82, 2.24) is 10.2 Å². The third-order valence-corrected chi connectivity index (χ3v) is 2.91. The largest absolute Gasteiger partial charge is 0.363 e. The highest BCUT2D eigenvalue weighted by atomic mass is 32.1. The summed E-state index contributed by atoms with van der Waals surface area (Å²) in [7, 11) is 0. The fourth-order valence-corrected chi connectivity index (χ4v) is 1.76. The van der Waals surface area contributed by atoms with Crippen molar-refractivity contribution in [3.63, 3.8) is 0 Å². The molecule has 0 aliphatic rings. The maximum Gasteiger partial charge on any atom is 0.169 e. The fourth-order valence-electron chi connectivity index (χ4n) is 1.35. The van der Waals surface area contributed by atoms with E-state index in [1.165, 1.54) is 12.8 Å². The smallest absolute Gasteiger partial charge is 0.169 e. The van der Waals surface area contributed by atoms with Gasteiger partial charge in [0.25, 0.3) is 0 Å². The van der Waals surface area contributed by atoms with E-state index >= 15 is 0 Å². The van der Waals surface area contributed by atoms with Crippen LogP contribution in [-0.2, 0) is 0 Å². The van der Waals surface area contributed by atoms with E-state index in [4.69, 9.17) is 12.2 Å². The summed E-state index contributed by atoms with van der Waals surface area (Å²) in [5, 5.41) is 4.22. The zero-order valence-corrected chi connectivity index (χ0v) is 10.8. The van der Waals surface area contributed by atoms with E-state index in [-0.39, 0.29) is 0 Å². The molecule has 0 aliphatic carbocycles. The van der Waals surface area contributed by atoms with Crippen LogP contribution in [0.25, 0.3) is 0 Å². The molecule has 0 aliphatic heterocycles. The molecule has 1 unspecified atom stereocenters. The van der Waals surface area contributed by atoms with E-state index in [0.29, 0.717) is 6.04 Å². The average Bonchev–Trinajstić information content (AvgIpc) is 2.19. The molecule has 1 N–H and O–H groups in total. The molecule has 0 radical (unpaired) electrons. The molecular formula is C11H24N2S. The lowest BCUT2D eigenvalue weighted by Crippen LogP contribution is -2.44. The molecule has 0 spiro atoms. The highest BCUT2D eigenvalue weighted by Gasteiger charge is 2.12. The Bertz CT molecular complexity index is 159. The third kappa shape index (κ3) is 4.80. The number of nitrogens with one attached hydrogen (secondary N) is 1. The van der Waals surface area contributed by atoms with Gasteiger partial charge < -0.3 is 10.2 Å². The fraction of sp³-hybridized carbons (Fsp3) is 0.909. The van der Waals surface area contributed by atoms with Crippen molar-refractivity contribution in [2.75, 3.05) is 13.1 Å². The Labute approximate surface area is 94.1 Å². The summed E-state index contributed by atoms with van der Waals surface area (Å²) >= 11 is 5.35. The first kappa shape index (κ1) is 13.7. The lowest BCUT2D eigenvalue weighted by molar-refractivity contribution is 0.332. The van der Waals surface area contributed by atoms with Crippen molar-refractivity contribution in [2.24, 2.45) is 0 Å². The molecule has 0 saturated heterocycles. The van der Waals surface area contributed by atoms with Crippen LogP contribution in [0.15, 0.2) is 0 Å². The number of rotatable bonds is 6. The summed E-state index contributed by atoms with van der Waals surface area (Å²) in [6.45, 7) is 10.8. The summed E-state index contributed by atoms with van der Waals surface area (Å²) in [5.41, 5.74) is 0. The lowest BCUT2D eigenvalue weighted by atomic mass is 10.2. The lowest BCUT2D eigenvalue weighted by Gasteiger charge is -2.30. The van der Waals surface area contributed by atoms with Gasteiger partial charge in [0.1, 0.15) is 0 Å². The van der Waals surface area contributed by atoms with E-state index in [1.807, 2.05) is 0 Å². The molecule has 0 rings (SSSR count). The molecule has 0 fully saturated rings. The average molecular weight is 216 g/mol. The van der Waals surface area contributed by atoms with Crippen molar-refractivity contribution in [2.45, 2.75) is 53.0 Å². The number of hydrogen-bond acceptors (Lipinski definition) is 1. The van der Waals surface area contributed by atoms with Crippen LogP contribution in [0.4, 0.5) is 0 Å². The molecule has 0 amide bonds. The summed E-state index contributed by atoms with van der Waals surface area (Å²) in [6.07, 6.45) is 3.55.